The van der Waals surface area contributed by atoms with Crippen molar-refractivity contribution in [1.82, 2.24) is 9.80 Å². The summed E-state index contributed by atoms with van der Waals surface area (Å²) >= 11 is 0. The molecule has 3 fully saturated rings. The quantitative estimate of drug-likeness (QED) is 0.775. The summed E-state index contributed by atoms with van der Waals surface area (Å²) in [6.07, 6.45) is 10.1. The van der Waals surface area contributed by atoms with Gasteiger partial charge in [-0.3, -0.25) is 0 Å². The average molecular weight is 294 g/mol. The number of nitrogens with zero attached hydrogens (tertiary/aromatic N) is 2. The largest absolute Gasteiger partial charge is 0.378 e. The third kappa shape index (κ3) is 4.94. The fourth-order valence-electron chi connectivity index (χ4n) is 4.31. The van der Waals surface area contributed by atoms with Crippen LogP contribution in [-0.2, 0) is 4.74 Å². The van der Waals surface area contributed by atoms with Crippen molar-refractivity contribution >= 4 is 0 Å². The normalized spacial score (nSPS) is 33.6. The van der Waals surface area contributed by atoms with E-state index in [1.54, 1.807) is 0 Å². The lowest BCUT2D eigenvalue weighted by atomic mass is 9.94. The molecular weight excluding hydrogens is 260 g/mol. The maximum Gasteiger partial charge on any atom is 0.0588 e. The highest BCUT2D eigenvalue weighted by Crippen LogP contribution is 2.23. The lowest BCUT2D eigenvalue weighted by Crippen LogP contribution is -2.43. The molecule has 0 N–H and O–H groups in total. The Morgan fingerprint density at radius 3 is 2.57 bits per heavy atom. The van der Waals surface area contributed by atoms with Gasteiger partial charge in [0.05, 0.1) is 6.10 Å². The second-order valence-corrected chi connectivity index (χ2v) is 7.72. The first-order valence-electron chi connectivity index (χ1n) is 9.36. The molecule has 0 aromatic rings. The lowest BCUT2D eigenvalue weighted by Gasteiger charge is -2.38. The first-order valence-corrected chi connectivity index (χ1v) is 9.36. The van der Waals surface area contributed by atoms with Crippen LogP contribution in [0.15, 0.2) is 0 Å². The monoisotopic (exact) mass is 294 g/mol. The predicted octanol–water partition coefficient (Wildman–Crippen LogP) is 3.00. The summed E-state index contributed by atoms with van der Waals surface area (Å²) < 4.78 is 5.77. The van der Waals surface area contributed by atoms with E-state index in [9.17, 15) is 0 Å². The minimum absolute atomic E-state index is 0.564. The molecule has 3 nitrogen and oxygen atoms in total. The van der Waals surface area contributed by atoms with Gasteiger partial charge in [0, 0.05) is 26.2 Å². The van der Waals surface area contributed by atoms with E-state index < -0.39 is 0 Å². The van der Waals surface area contributed by atoms with E-state index in [1.807, 2.05) is 0 Å². The Kier molecular flexibility index (Phi) is 5.96. The van der Waals surface area contributed by atoms with Gasteiger partial charge in [0.1, 0.15) is 0 Å². The third-order valence-electron chi connectivity index (χ3n) is 5.79. The topological polar surface area (TPSA) is 15.7 Å². The number of ether oxygens (including phenoxy) is 1. The van der Waals surface area contributed by atoms with E-state index in [2.05, 4.69) is 16.7 Å². The molecule has 2 atom stereocenters. The second-order valence-electron chi connectivity index (χ2n) is 7.72. The van der Waals surface area contributed by atoms with Gasteiger partial charge in [-0.15, -0.1) is 0 Å². The molecule has 3 rings (SSSR count). The van der Waals surface area contributed by atoms with Crippen LogP contribution in [0.1, 0.15) is 51.9 Å². The Labute approximate surface area is 131 Å². The van der Waals surface area contributed by atoms with E-state index >= 15 is 0 Å². The summed E-state index contributed by atoms with van der Waals surface area (Å²) in [4.78, 5) is 5.44. The van der Waals surface area contributed by atoms with E-state index in [1.165, 1.54) is 84.2 Å². The predicted molar refractivity (Wildman–Crippen MR) is 87.6 cm³/mol. The van der Waals surface area contributed by atoms with Crippen molar-refractivity contribution in [3.63, 3.8) is 0 Å². The van der Waals surface area contributed by atoms with E-state index in [0.717, 1.165) is 18.4 Å². The van der Waals surface area contributed by atoms with Gasteiger partial charge in [-0.05, 0) is 76.4 Å². The van der Waals surface area contributed by atoms with Crippen molar-refractivity contribution in [1.29, 1.82) is 0 Å². The van der Waals surface area contributed by atoms with Gasteiger partial charge in [-0.1, -0.05) is 6.92 Å². The second kappa shape index (κ2) is 7.94. The molecule has 3 aliphatic rings. The van der Waals surface area contributed by atoms with Crippen LogP contribution in [0.25, 0.3) is 0 Å². The van der Waals surface area contributed by atoms with Crippen molar-refractivity contribution in [2.45, 2.75) is 58.0 Å². The van der Waals surface area contributed by atoms with Gasteiger partial charge in [-0.2, -0.15) is 0 Å². The smallest absolute Gasteiger partial charge is 0.0588 e. The summed E-state index contributed by atoms with van der Waals surface area (Å²) in [5.41, 5.74) is 0. The maximum absolute atomic E-state index is 5.77. The average Bonchev–Trinajstić information content (AvgIpc) is 3.01. The highest BCUT2D eigenvalue weighted by atomic mass is 16.5. The van der Waals surface area contributed by atoms with Gasteiger partial charge in [0.2, 0.25) is 0 Å². The molecule has 3 heterocycles. The summed E-state index contributed by atoms with van der Waals surface area (Å²) in [5.74, 6) is 1.87. The third-order valence-corrected chi connectivity index (χ3v) is 5.79. The molecule has 0 aromatic carbocycles. The molecule has 0 aromatic heterocycles. The van der Waals surface area contributed by atoms with Crippen LogP contribution in [-0.4, -0.2) is 61.8 Å². The molecule has 3 aliphatic heterocycles. The Morgan fingerprint density at radius 1 is 0.952 bits per heavy atom. The SMILES string of the molecule is CC1CCN(C[C@@H]2CCCN(CC[C@H]3CCCO3)C2)CC1. The highest BCUT2D eigenvalue weighted by molar-refractivity contribution is 4.79. The minimum atomic E-state index is 0.564. The lowest BCUT2D eigenvalue weighted by molar-refractivity contribution is 0.0748. The molecule has 0 radical (unpaired) electrons. The summed E-state index contributed by atoms with van der Waals surface area (Å²) in [6, 6.07) is 0. The van der Waals surface area contributed by atoms with Crippen LogP contribution in [0.5, 0.6) is 0 Å². The van der Waals surface area contributed by atoms with Crippen LogP contribution in [0.2, 0.25) is 0 Å². The Balaban J connectivity index is 1.36. The first-order chi connectivity index (χ1) is 10.3. The van der Waals surface area contributed by atoms with Crippen LogP contribution in [0, 0.1) is 11.8 Å². The molecule has 3 saturated heterocycles. The molecule has 0 spiro atoms. The van der Waals surface area contributed by atoms with Crippen LogP contribution in [0.3, 0.4) is 0 Å². The van der Waals surface area contributed by atoms with E-state index in [4.69, 9.17) is 4.74 Å². The summed E-state index contributed by atoms with van der Waals surface area (Å²) in [7, 11) is 0. The molecular formula is C18H34N2O. The van der Waals surface area contributed by atoms with Crippen LogP contribution in [0.4, 0.5) is 0 Å². The Bertz CT molecular complexity index is 296. The molecule has 122 valence electrons. The molecule has 0 bridgehead atoms. The van der Waals surface area contributed by atoms with Crippen LogP contribution < -0.4 is 0 Å². The summed E-state index contributed by atoms with van der Waals surface area (Å²) in [5, 5.41) is 0. The van der Waals surface area contributed by atoms with Crippen molar-refractivity contribution in [2.24, 2.45) is 11.8 Å². The molecule has 21 heavy (non-hydrogen) atoms. The number of rotatable bonds is 5. The van der Waals surface area contributed by atoms with Gasteiger partial charge < -0.3 is 14.5 Å². The van der Waals surface area contributed by atoms with E-state index in [-0.39, 0.29) is 0 Å². The van der Waals surface area contributed by atoms with Gasteiger partial charge in [0.15, 0.2) is 0 Å². The number of piperidine rings is 2. The Hall–Kier alpha value is -0.120. The van der Waals surface area contributed by atoms with Crippen molar-refractivity contribution < 1.29 is 4.74 Å². The Morgan fingerprint density at radius 2 is 1.81 bits per heavy atom. The molecule has 0 amide bonds. The zero-order chi connectivity index (χ0) is 14.5. The van der Waals surface area contributed by atoms with Crippen LogP contribution >= 0.6 is 0 Å². The van der Waals surface area contributed by atoms with Crippen molar-refractivity contribution in [2.75, 3.05) is 45.9 Å². The van der Waals surface area contributed by atoms with Gasteiger partial charge >= 0.3 is 0 Å². The van der Waals surface area contributed by atoms with Gasteiger partial charge in [0.25, 0.3) is 0 Å². The zero-order valence-electron chi connectivity index (χ0n) is 13.9. The maximum atomic E-state index is 5.77. The van der Waals surface area contributed by atoms with Crippen molar-refractivity contribution in [3.05, 3.63) is 0 Å². The number of likely N-dealkylation sites (tertiary alicyclic amines) is 2. The molecule has 3 heteroatoms. The first kappa shape index (κ1) is 15.8. The minimum Gasteiger partial charge on any atom is -0.378 e. The van der Waals surface area contributed by atoms with Gasteiger partial charge in [-0.25, -0.2) is 0 Å². The molecule has 0 saturated carbocycles. The summed E-state index contributed by atoms with van der Waals surface area (Å²) in [6.45, 7) is 11.4. The number of hydrogen-bond donors (Lipinski definition) is 0. The molecule has 0 unspecified atom stereocenters. The zero-order valence-corrected chi connectivity index (χ0v) is 13.9. The van der Waals surface area contributed by atoms with Crippen molar-refractivity contribution in [3.8, 4) is 0 Å². The van der Waals surface area contributed by atoms with E-state index in [0.29, 0.717) is 6.10 Å². The number of hydrogen-bond acceptors (Lipinski definition) is 3. The standard InChI is InChI=1S/C18H34N2O/c1-16-6-10-20(11-7-16)15-17-4-2-9-19(14-17)12-8-18-5-3-13-21-18/h16-18H,2-15H2,1H3/t17-,18-/m1/s1. The fourth-order valence-corrected chi connectivity index (χ4v) is 4.31. The fraction of sp³-hybridized carbons (Fsp3) is 1.00. The highest BCUT2D eigenvalue weighted by Gasteiger charge is 2.25. The molecule has 0 aliphatic carbocycles.